The van der Waals surface area contributed by atoms with Gasteiger partial charge in [0.1, 0.15) is 4.60 Å². The van der Waals surface area contributed by atoms with E-state index in [-0.39, 0.29) is 10.3 Å². The van der Waals surface area contributed by atoms with Crippen molar-refractivity contribution in [2.75, 3.05) is 10.5 Å². The fourth-order valence-corrected chi connectivity index (χ4v) is 2.75. The zero-order chi connectivity index (χ0) is 13.8. The van der Waals surface area contributed by atoms with Crippen LogP contribution in [0.4, 0.5) is 18.9 Å². The van der Waals surface area contributed by atoms with Crippen molar-refractivity contribution in [3.8, 4) is 0 Å². The molecule has 0 aromatic carbocycles. The molecule has 4 nitrogen and oxygen atoms in total. The largest absolute Gasteiger partial charge is 0.389 e. The summed E-state index contributed by atoms with van der Waals surface area (Å²) in [5.41, 5.74) is 0.199. The summed E-state index contributed by atoms with van der Waals surface area (Å²) in [4.78, 5) is 3.79. The minimum atomic E-state index is -4.34. The van der Waals surface area contributed by atoms with E-state index >= 15 is 0 Å². The molecule has 1 heterocycles. The number of rotatable bonds is 5. The highest BCUT2D eigenvalue weighted by molar-refractivity contribution is 9.10. The van der Waals surface area contributed by atoms with Gasteiger partial charge in [-0.15, -0.1) is 0 Å². The zero-order valence-corrected chi connectivity index (χ0v) is 11.4. The van der Waals surface area contributed by atoms with E-state index < -0.39 is 34.8 Å². The van der Waals surface area contributed by atoms with Crippen LogP contribution in [0, 0.1) is 0 Å². The molecule has 0 saturated heterocycles. The lowest BCUT2D eigenvalue weighted by Crippen LogP contribution is -2.19. The van der Waals surface area contributed by atoms with Crippen LogP contribution in [-0.4, -0.2) is 25.3 Å². The monoisotopic (exact) mass is 346 g/mol. The molecule has 0 radical (unpaired) electrons. The van der Waals surface area contributed by atoms with Crippen LogP contribution < -0.4 is 4.72 Å². The molecule has 18 heavy (non-hydrogen) atoms. The molecule has 0 saturated carbocycles. The van der Waals surface area contributed by atoms with Crippen molar-refractivity contribution in [3.63, 3.8) is 0 Å². The molecular weight excluding hydrogens is 337 g/mol. The highest BCUT2D eigenvalue weighted by atomic mass is 79.9. The van der Waals surface area contributed by atoms with Crippen LogP contribution in [0.5, 0.6) is 0 Å². The van der Waals surface area contributed by atoms with Gasteiger partial charge in [0.05, 0.1) is 11.4 Å². The van der Waals surface area contributed by atoms with Gasteiger partial charge < -0.3 is 0 Å². The van der Waals surface area contributed by atoms with Gasteiger partial charge in [-0.05, 0) is 34.5 Å². The number of sulfonamides is 1. The predicted octanol–water partition coefficient (Wildman–Crippen LogP) is 2.93. The summed E-state index contributed by atoms with van der Waals surface area (Å²) in [5, 5.41) is 0. The zero-order valence-electron chi connectivity index (χ0n) is 9.04. The molecule has 0 aliphatic heterocycles. The van der Waals surface area contributed by atoms with Crippen LogP contribution >= 0.6 is 15.9 Å². The third kappa shape index (κ3) is 5.67. The second kappa shape index (κ2) is 5.87. The average molecular weight is 347 g/mol. The van der Waals surface area contributed by atoms with Crippen LogP contribution in [0.3, 0.4) is 0 Å². The van der Waals surface area contributed by atoms with E-state index in [0.717, 1.165) is 0 Å². The first kappa shape index (κ1) is 15.2. The molecule has 0 amide bonds. The van der Waals surface area contributed by atoms with Crippen LogP contribution in [0.1, 0.15) is 12.8 Å². The Labute approximate surface area is 111 Å². The Morgan fingerprint density at radius 1 is 1.39 bits per heavy atom. The maximum Gasteiger partial charge on any atom is 0.389 e. The van der Waals surface area contributed by atoms with Crippen LogP contribution in [0.25, 0.3) is 0 Å². The van der Waals surface area contributed by atoms with Gasteiger partial charge in [0.15, 0.2) is 0 Å². The number of nitrogens with zero attached hydrogens (tertiary/aromatic N) is 1. The lowest BCUT2D eigenvalue weighted by Gasteiger charge is -2.09. The van der Waals surface area contributed by atoms with E-state index in [1.54, 1.807) is 0 Å². The Balaban J connectivity index is 2.58. The maximum atomic E-state index is 11.9. The molecule has 0 aliphatic rings. The highest BCUT2D eigenvalue weighted by Crippen LogP contribution is 2.23. The number of aromatic nitrogens is 1. The average Bonchev–Trinajstić information content (AvgIpc) is 2.18. The van der Waals surface area contributed by atoms with Crippen molar-refractivity contribution in [1.82, 2.24) is 4.98 Å². The molecule has 9 heteroatoms. The number of hydrogen-bond donors (Lipinski definition) is 1. The molecule has 0 unspecified atom stereocenters. The number of hydrogen-bond acceptors (Lipinski definition) is 3. The normalized spacial score (nSPS) is 12.4. The van der Waals surface area contributed by atoms with Gasteiger partial charge in [-0.1, -0.05) is 0 Å². The van der Waals surface area contributed by atoms with Gasteiger partial charge in [-0.2, -0.15) is 13.2 Å². The Morgan fingerprint density at radius 2 is 2.06 bits per heavy atom. The summed E-state index contributed by atoms with van der Waals surface area (Å²) in [6.07, 6.45) is -4.49. The quantitative estimate of drug-likeness (QED) is 0.834. The summed E-state index contributed by atoms with van der Waals surface area (Å²) in [7, 11) is -3.80. The number of nitrogens with one attached hydrogen (secondary N) is 1. The van der Waals surface area contributed by atoms with Gasteiger partial charge in [0.2, 0.25) is 10.0 Å². The number of pyridine rings is 1. The summed E-state index contributed by atoms with van der Waals surface area (Å²) in [6, 6.07) is 2.97. The summed E-state index contributed by atoms with van der Waals surface area (Å²) in [6.45, 7) is 0. The molecule has 1 N–H and O–H groups in total. The maximum absolute atomic E-state index is 11.9. The van der Waals surface area contributed by atoms with E-state index in [9.17, 15) is 21.6 Å². The van der Waals surface area contributed by atoms with Gasteiger partial charge in [0, 0.05) is 12.6 Å². The number of anilines is 1. The van der Waals surface area contributed by atoms with Crippen molar-refractivity contribution in [1.29, 1.82) is 0 Å². The highest BCUT2D eigenvalue weighted by Gasteiger charge is 2.27. The van der Waals surface area contributed by atoms with Gasteiger partial charge >= 0.3 is 6.18 Å². The third-order valence-corrected chi connectivity index (χ3v) is 3.89. The van der Waals surface area contributed by atoms with Crippen molar-refractivity contribution in [3.05, 3.63) is 22.9 Å². The van der Waals surface area contributed by atoms with Crippen LogP contribution in [0.15, 0.2) is 22.9 Å². The van der Waals surface area contributed by atoms with Gasteiger partial charge in [0.25, 0.3) is 0 Å². The van der Waals surface area contributed by atoms with Crippen LogP contribution in [0.2, 0.25) is 0 Å². The molecule has 0 spiro atoms. The minimum absolute atomic E-state index is 0.199. The fourth-order valence-electron chi connectivity index (χ4n) is 1.14. The molecule has 1 rings (SSSR count). The standard InChI is InChI=1S/C9H10BrF3N2O2S/c10-8-7(3-1-5-14-8)15-18(16,17)6-2-4-9(11,12)13/h1,3,5,15H,2,4,6H2. The Hall–Kier alpha value is -0.830. The summed E-state index contributed by atoms with van der Waals surface area (Å²) in [5.74, 6) is -0.589. The van der Waals surface area contributed by atoms with Crippen molar-refractivity contribution in [2.24, 2.45) is 0 Å². The third-order valence-electron chi connectivity index (χ3n) is 1.90. The van der Waals surface area contributed by atoms with Gasteiger partial charge in [-0.3, -0.25) is 4.72 Å². The first-order valence-electron chi connectivity index (χ1n) is 4.87. The molecular formula is C9H10BrF3N2O2S. The number of alkyl halides is 3. The number of halogens is 4. The predicted molar refractivity (Wildman–Crippen MR) is 64.6 cm³/mol. The van der Waals surface area contributed by atoms with E-state index in [0.29, 0.717) is 0 Å². The summed E-state index contributed by atoms with van der Waals surface area (Å²) >= 11 is 3.03. The van der Waals surface area contributed by atoms with E-state index in [2.05, 4.69) is 25.6 Å². The van der Waals surface area contributed by atoms with Crippen molar-refractivity contribution in [2.45, 2.75) is 19.0 Å². The van der Waals surface area contributed by atoms with Crippen molar-refractivity contribution >= 4 is 31.6 Å². The second-order valence-corrected chi connectivity index (χ2v) is 6.07. The molecule has 0 bridgehead atoms. The smallest absolute Gasteiger partial charge is 0.281 e. The lowest BCUT2D eigenvalue weighted by molar-refractivity contribution is -0.134. The van der Waals surface area contributed by atoms with Gasteiger partial charge in [-0.25, -0.2) is 13.4 Å². The van der Waals surface area contributed by atoms with E-state index in [1.807, 2.05) is 0 Å². The topological polar surface area (TPSA) is 59.1 Å². The van der Waals surface area contributed by atoms with E-state index in [1.165, 1.54) is 18.3 Å². The molecule has 1 aromatic rings. The Morgan fingerprint density at radius 3 is 2.61 bits per heavy atom. The second-order valence-electron chi connectivity index (χ2n) is 3.48. The first-order chi connectivity index (χ1) is 8.20. The molecule has 1 aromatic heterocycles. The lowest BCUT2D eigenvalue weighted by atomic mass is 10.3. The Kier molecular flexibility index (Phi) is 4.97. The van der Waals surface area contributed by atoms with Crippen molar-refractivity contribution < 1.29 is 21.6 Å². The summed E-state index contributed by atoms with van der Waals surface area (Å²) < 4.78 is 61.1. The molecule has 102 valence electrons. The Bertz CT molecular complexity index is 505. The molecule has 0 aliphatic carbocycles. The van der Waals surface area contributed by atoms with E-state index in [4.69, 9.17) is 0 Å². The first-order valence-corrected chi connectivity index (χ1v) is 7.32. The SMILES string of the molecule is O=S(=O)(CCCC(F)(F)F)Nc1cccnc1Br. The molecule has 0 fully saturated rings. The fraction of sp³-hybridized carbons (Fsp3) is 0.444. The minimum Gasteiger partial charge on any atom is -0.281 e. The van der Waals surface area contributed by atoms with Crippen LogP contribution in [-0.2, 0) is 10.0 Å². The molecule has 0 atom stereocenters.